The number of nitrogen functional groups attached to an aromatic ring is 1. The van der Waals surface area contributed by atoms with Gasteiger partial charge in [-0.25, -0.2) is 9.36 Å². The fraction of sp³-hybridized carbons (Fsp3) is 0.143. The van der Waals surface area contributed by atoms with E-state index < -0.39 is 5.69 Å². The van der Waals surface area contributed by atoms with Crippen LogP contribution in [0.2, 0.25) is 0 Å². The van der Waals surface area contributed by atoms with Crippen LogP contribution < -0.4 is 11.4 Å². The van der Waals surface area contributed by atoms with E-state index in [1.165, 1.54) is 4.57 Å². The van der Waals surface area contributed by atoms with Crippen molar-refractivity contribution < 1.29 is 4.79 Å². The van der Waals surface area contributed by atoms with Crippen molar-refractivity contribution in [3.63, 3.8) is 0 Å². The van der Waals surface area contributed by atoms with E-state index in [9.17, 15) is 9.59 Å². The number of carbonyl (C=O) groups is 1. The van der Waals surface area contributed by atoms with E-state index in [2.05, 4.69) is 4.98 Å². The Bertz CT molecular complexity index is 815. The summed E-state index contributed by atoms with van der Waals surface area (Å²) >= 11 is 1.61. The molecule has 3 rings (SSSR count). The molecule has 0 saturated carbocycles. The highest BCUT2D eigenvalue weighted by atomic mass is 32.1. The number of hydrogen-bond acceptors (Lipinski definition) is 4. The number of aryl methyl sites for hydroxylation is 1. The minimum Gasteiger partial charge on any atom is -0.399 e. The number of hydrogen-bond donors (Lipinski definition) is 2. The summed E-state index contributed by atoms with van der Waals surface area (Å²) in [5.74, 6) is -0.209. The van der Waals surface area contributed by atoms with Gasteiger partial charge < -0.3 is 10.7 Å². The molecule has 2 aromatic heterocycles. The predicted octanol–water partition coefficient (Wildman–Crippen LogP) is 2.25. The number of benzene rings is 1. The maximum Gasteiger partial charge on any atom is 0.333 e. The van der Waals surface area contributed by atoms with Crippen LogP contribution in [0.15, 0.2) is 40.5 Å². The molecule has 0 spiro atoms. The van der Waals surface area contributed by atoms with Gasteiger partial charge in [-0.15, -0.1) is 11.3 Å². The Balaban J connectivity index is 1.91. The van der Waals surface area contributed by atoms with Crippen molar-refractivity contribution in [1.29, 1.82) is 0 Å². The van der Waals surface area contributed by atoms with E-state index in [1.807, 2.05) is 17.5 Å². The van der Waals surface area contributed by atoms with Gasteiger partial charge in [-0.1, -0.05) is 6.07 Å². The first-order valence-electron chi connectivity index (χ1n) is 6.21. The van der Waals surface area contributed by atoms with E-state index in [4.69, 9.17) is 5.73 Å². The predicted molar refractivity (Wildman–Crippen MR) is 80.2 cm³/mol. The van der Waals surface area contributed by atoms with Crippen LogP contribution in [0.25, 0.3) is 11.0 Å². The van der Waals surface area contributed by atoms with Crippen LogP contribution in [0.1, 0.15) is 16.1 Å². The van der Waals surface area contributed by atoms with Crippen molar-refractivity contribution in [1.82, 2.24) is 9.55 Å². The highest BCUT2D eigenvalue weighted by Gasteiger charge is 2.14. The monoisotopic (exact) mass is 287 g/mol. The van der Waals surface area contributed by atoms with E-state index in [0.717, 1.165) is 4.88 Å². The average Bonchev–Trinajstić information content (AvgIpc) is 3.02. The Kier molecular flexibility index (Phi) is 3.15. The number of fused-ring (bicyclic) bond motifs is 1. The summed E-state index contributed by atoms with van der Waals surface area (Å²) in [6, 6.07) is 8.95. The Morgan fingerprint density at radius 3 is 2.95 bits per heavy atom. The number of nitrogens with zero attached hydrogens (tertiary/aromatic N) is 1. The molecule has 0 amide bonds. The number of rotatable bonds is 3. The molecular weight excluding hydrogens is 274 g/mol. The van der Waals surface area contributed by atoms with Gasteiger partial charge in [0.2, 0.25) is 5.91 Å². The molecule has 102 valence electrons. The number of aromatic nitrogens is 2. The largest absolute Gasteiger partial charge is 0.399 e. The highest BCUT2D eigenvalue weighted by Crippen LogP contribution is 2.16. The number of imidazole rings is 1. The summed E-state index contributed by atoms with van der Waals surface area (Å²) in [6.07, 6.45) is 0.947. The highest BCUT2D eigenvalue weighted by molar-refractivity contribution is 7.09. The fourth-order valence-electron chi connectivity index (χ4n) is 2.17. The van der Waals surface area contributed by atoms with E-state index in [0.29, 0.717) is 29.6 Å². The number of thiophene rings is 1. The summed E-state index contributed by atoms with van der Waals surface area (Å²) in [5, 5.41) is 1.97. The summed E-state index contributed by atoms with van der Waals surface area (Å²) in [7, 11) is 0. The van der Waals surface area contributed by atoms with Crippen LogP contribution in [-0.2, 0) is 6.42 Å². The number of anilines is 1. The molecule has 20 heavy (non-hydrogen) atoms. The lowest BCUT2D eigenvalue weighted by molar-refractivity contribution is 0.0904. The lowest BCUT2D eigenvalue weighted by atomic mass is 10.2. The summed E-state index contributed by atoms with van der Waals surface area (Å²) in [4.78, 5) is 27.9. The van der Waals surface area contributed by atoms with Crippen molar-refractivity contribution in [2.45, 2.75) is 12.8 Å². The van der Waals surface area contributed by atoms with Gasteiger partial charge in [0.05, 0.1) is 11.0 Å². The Labute approximate surface area is 118 Å². The number of aromatic amines is 1. The van der Waals surface area contributed by atoms with Crippen LogP contribution in [0, 0.1) is 0 Å². The Hall–Kier alpha value is -2.34. The minimum atomic E-state index is -0.415. The molecule has 0 bridgehead atoms. The molecule has 0 fully saturated rings. The van der Waals surface area contributed by atoms with E-state index >= 15 is 0 Å². The zero-order valence-electron chi connectivity index (χ0n) is 10.6. The molecule has 6 heteroatoms. The quantitative estimate of drug-likeness (QED) is 0.725. The second-order valence-corrected chi connectivity index (χ2v) is 5.55. The van der Waals surface area contributed by atoms with Crippen LogP contribution in [0.4, 0.5) is 5.69 Å². The lowest BCUT2D eigenvalue weighted by Crippen LogP contribution is -2.24. The van der Waals surface area contributed by atoms with Gasteiger partial charge >= 0.3 is 5.69 Å². The van der Waals surface area contributed by atoms with Gasteiger partial charge in [0.1, 0.15) is 0 Å². The molecule has 0 unspecified atom stereocenters. The normalized spacial score (nSPS) is 11.0. The lowest BCUT2D eigenvalue weighted by Gasteiger charge is -2.01. The third-order valence-electron chi connectivity index (χ3n) is 3.12. The number of nitrogens with two attached hydrogens (primary N) is 1. The first-order valence-corrected chi connectivity index (χ1v) is 7.09. The van der Waals surface area contributed by atoms with Crippen LogP contribution in [0.3, 0.4) is 0 Å². The zero-order chi connectivity index (χ0) is 14.1. The number of carbonyl (C=O) groups excluding carboxylic acids is 1. The van der Waals surface area contributed by atoms with Gasteiger partial charge in [-0.3, -0.25) is 4.79 Å². The minimum absolute atomic E-state index is 0.209. The smallest absolute Gasteiger partial charge is 0.333 e. The fourth-order valence-corrected chi connectivity index (χ4v) is 2.88. The molecule has 0 radical (unpaired) electrons. The van der Waals surface area contributed by atoms with Gasteiger partial charge in [-0.2, -0.15) is 0 Å². The molecule has 2 heterocycles. The van der Waals surface area contributed by atoms with Crippen molar-refractivity contribution in [3.05, 3.63) is 51.1 Å². The Morgan fingerprint density at radius 1 is 1.35 bits per heavy atom. The molecule has 0 aliphatic carbocycles. The molecule has 0 aliphatic heterocycles. The SMILES string of the molecule is Nc1ccc2c(c1)[nH]c(=O)n2C(=O)CCc1cccs1. The standard InChI is InChI=1S/C14H13N3O2S/c15-9-3-5-12-11(8-9)16-14(19)17(12)13(18)6-4-10-2-1-7-20-10/h1-3,5,7-8H,4,6,15H2,(H,16,19). The van der Waals surface area contributed by atoms with Gasteiger partial charge in [0.25, 0.3) is 0 Å². The summed E-state index contributed by atoms with van der Waals surface area (Å²) < 4.78 is 1.18. The molecule has 0 saturated heterocycles. The van der Waals surface area contributed by atoms with Crippen LogP contribution >= 0.6 is 11.3 Å². The number of nitrogens with one attached hydrogen (secondary N) is 1. The molecule has 3 N–H and O–H groups in total. The molecule has 0 aliphatic rings. The molecular formula is C14H13N3O2S. The molecule has 1 aromatic carbocycles. The second-order valence-electron chi connectivity index (χ2n) is 4.52. The number of H-pyrrole nitrogens is 1. The van der Waals surface area contributed by atoms with Crippen molar-refractivity contribution in [2.75, 3.05) is 5.73 Å². The van der Waals surface area contributed by atoms with Gasteiger partial charge in [0, 0.05) is 17.0 Å². The topological polar surface area (TPSA) is 80.9 Å². The average molecular weight is 287 g/mol. The first-order chi connectivity index (χ1) is 9.65. The third kappa shape index (κ3) is 2.25. The first kappa shape index (κ1) is 12.7. The van der Waals surface area contributed by atoms with Gasteiger partial charge in [0.15, 0.2) is 0 Å². The maximum absolute atomic E-state index is 12.2. The summed E-state index contributed by atoms with van der Waals surface area (Å²) in [5.41, 5.74) is 6.96. The molecule has 3 aromatic rings. The second kappa shape index (κ2) is 4.97. The van der Waals surface area contributed by atoms with E-state index in [1.54, 1.807) is 29.5 Å². The molecule has 0 atom stereocenters. The van der Waals surface area contributed by atoms with Crippen molar-refractivity contribution in [2.24, 2.45) is 0 Å². The third-order valence-corrected chi connectivity index (χ3v) is 4.06. The Morgan fingerprint density at radius 2 is 2.20 bits per heavy atom. The summed E-state index contributed by atoms with van der Waals surface area (Å²) in [6.45, 7) is 0. The zero-order valence-corrected chi connectivity index (χ0v) is 11.4. The van der Waals surface area contributed by atoms with Crippen molar-refractivity contribution in [3.8, 4) is 0 Å². The van der Waals surface area contributed by atoms with Crippen molar-refractivity contribution >= 4 is 34.0 Å². The van der Waals surface area contributed by atoms with Gasteiger partial charge in [-0.05, 0) is 36.1 Å². The van der Waals surface area contributed by atoms with Crippen LogP contribution in [0.5, 0.6) is 0 Å². The molecule has 5 nitrogen and oxygen atoms in total. The maximum atomic E-state index is 12.2. The van der Waals surface area contributed by atoms with Crippen LogP contribution in [-0.4, -0.2) is 15.5 Å². The van der Waals surface area contributed by atoms with E-state index in [-0.39, 0.29) is 5.91 Å².